The van der Waals surface area contributed by atoms with Crippen molar-refractivity contribution >= 4 is 63.4 Å². The highest BCUT2D eigenvalue weighted by Crippen LogP contribution is 2.36. The Labute approximate surface area is 189 Å². The third kappa shape index (κ3) is 4.97. The summed E-state index contributed by atoms with van der Waals surface area (Å²) in [6, 6.07) is 7.86. The predicted molar refractivity (Wildman–Crippen MR) is 111 cm³/mol. The third-order valence-electron chi connectivity index (χ3n) is 4.48. The summed E-state index contributed by atoms with van der Waals surface area (Å²) in [5, 5.41) is 11.2. The summed E-state index contributed by atoms with van der Waals surface area (Å²) in [7, 11) is -1.64. The molecule has 2 aliphatic heterocycles. The Kier molecular flexibility index (Phi) is 7.09. The molecule has 0 saturated carbocycles. The lowest BCUT2D eigenvalue weighted by Gasteiger charge is -2.49. The second-order valence-corrected chi connectivity index (χ2v) is 10.7. The number of amides is 2. The number of fused-ring (bicyclic) bond motifs is 1. The highest BCUT2D eigenvalue weighted by atomic mass is 35.6. The van der Waals surface area contributed by atoms with E-state index in [1.165, 1.54) is 0 Å². The van der Waals surface area contributed by atoms with Crippen LogP contribution in [0.3, 0.4) is 0 Å². The number of carbonyl (C=O) groups excluding carboxylic acids is 3. The Morgan fingerprint density at radius 3 is 2.53 bits per heavy atom. The van der Waals surface area contributed by atoms with E-state index >= 15 is 0 Å². The van der Waals surface area contributed by atoms with Crippen LogP contribution in [0.5, 0.6) is 0 Å². The summed E-state index contributed by atoms with van der Waals surface area (Å²) in [5.41, 5.74) is 0.582. The van der Waals surface area contributed by atoms with Crippen molar-refractivity contribution in [2.45, 2.75) is 21.6 Å². The van der Waals surface area contributed by atoms with Gasteiger partial charge >= 0.3 is 5.97 Å². The molecule has 0 aromatic heterocycles. The number of nitrogens with one attached hydrogen (secondary N) is 1. The highest BCUT2D eigenvalue weighted by Gasteiger charge is 2.57. The van der Waals surface area contributed by atoms with Gasteiger partial charge in [-0.25, -0.2) is 4.79 Å². The van der Waals surface area contributed by atoms with Crippen LogP contribution in [0.2, 0.25) is 0 Å². The second kappa shape index (κ2) is 9.23. The zero-order chi connectivity index (χ0) is 22.1. The topological polar surface area (TPSA) is 113 Å². The molecule has 30 heavy (non-hydrogen) atoms. The Morgan fingerprint density at radius 1 is 1.27 bits per heavy atom. The Balaban J connectivity index is 1.74. The van der Waals surface area contributed by atoms with E-state index in [1.54, 1.807) is 24.3 Å². The van der Waals surface area contributed by atoms with E-state index < -0.39 is 57.0 Å². The van der Waals surface area contributed by atoms with Crippen LogP contribution in [0.15, 0.2) is 41.6 Å². The number of β-lactam (4-membered cyclic amide) rings is 1. The van der Waals surface area contributed by atoms with E-state index in [1.807, 2.05) is 6.07 Å². The Hall–Kier alpha value is -1.65. The maximum atomic E-state index is 12.7. The first-order valence-corrected chi connectivity index (χ1v) is 11.2. The monoisotopic (exact) mass is 494 g/mol. The van der Waals surface area contributed by atoms with Crippen molar-refractivity contribution in [1.29, 1.82) is 0 Å². The number of ether oxygens (including phenoxy) is 1. The van der Waals surface area contributed by atoms with Crippen LogP contribution in [0, 0.1) is 0 Å². The van der Waals surface area contributed by atoms with Crippen molar-refractivity contribution in [3.05, 3.63) is 47.2 Å². The molecule has 0 bridgehead atoms. The molecule has 0 radical (unpaired) electrons. The van der Waals surface area contributed by atoms with Crippen LogP contribution in [0.25, 0.3) is 0 Å². The molecule has 1 fully saturated rings. The molecule has 12 heteroatoms. The largest absolute Gasteiger partial charge is 0.456 e. The fourth-order valence-corrected chi connectivity index (χ4v) is 5.02. The maximum absolute atomic E-state index is 12.7. The second-order valence-electron chi connectivity index (χ2n) is 6.63. The van der Waals surface area contributed by atoms with E-state index in [2.05, 4.69) is 5.32 Å². The Morgan fingerprint density at radius 2 is 1.93 bits per heavy atom. The van der Waals surface area contributed by atoms with Gasteiger partial charge < -0.3 is 15.2 Å². The van der Waals surface area contributed by atoms with E-state index in [4.69, 9.17) is 39.5 Å². The lowest BCUT2D eigenvalue weighted by atomic mass is 10.0. The first-order valence-electron chi connectivity index (χ1n) is 8.72. The number of rotatable bonds is 6. The standard InChI is InChI=1S/C18H17Cl3N2O6S/c19-18(20,21)9-29-17(27)14-11(7-24)8-30(28)16-13(15(26)23(14)16)22-12(25)6-10-4-2-1-3-5-10/h1-5,13,16,24H,6-9H2,(H,22,25)/t13?,16-,30?/m1/s1. The van der Waals surface area contributed by atoms with Crippen LogP contribution < -0.4 is 5.32 Å². The molecule has 1 saturated heterocycles. The summed E-state index contributed by atoms with van der Waals surface area (Å²) in [6.07, 6.45) is 0.0415. The van der Waals surface area contributed by atoms with Gasteiger partial charge in [-0.1, -0.05) is 65.1 Å². The number of halogens is 3. The van der Waals surface area contributed by atoms with E-state index in [0.29, 0.717) is 0 Å². The van der Waals surface area contributed by atoms with Crippen molar-refractivity contribution < 1.29 is 28.4 Å². The van der Waals surface area contributed by atoms with Gasteiger partial charge in [0.05, 0.1) is 29.6 Å². The number of aliphatic hydroxyl groups is 1. The predicted octanol–water partition coefficient (Wildman–Crippen LogP) is 0.804. The smallest absolute Gasteiger partial charge is 0.355 e. The molecular weight excluding hydrogens is 479 g/mol. The summed E-state index contributed by atoms with van der Waals surface area (Å²) < 4.78 is 15.7. The van der Waals surface area contributed by atoms with Crippen LogP contribution in [0.4, 0.5) is 0 Å². The zero-order valence-electron chi connectivity index (χ0n) is 15.3. The van der Waals surface area contributed by atoms with E-state index in [-0.39, 0.29) is 23.4 Å². The fraction of sp³-hybridized carbons (Fsp3) is 0.389. The molecule has 2 N–H and O–H groups in total. The summed E-state index contributed by atoms with van der Waals surface area (Å²) in [6.45, 7) is -1.18. The van der Waals surface area contributed by atoms with Gasteiger partial charge in [-0.15, -0.1) is 0 Å². The molecule has 1 aromatic rings. The summed E-state index contributed by atoms with van der Waals surface area (Å²) >= 11 is 16.7. The van der Waals surface area contributed by atoms with Crippen LogP contribution in [-0.4, -0.2) is 66.2 Å². The molecule has 8 nitrogen and oxygen atoms in total. The zero-order valence-corrected chi connectivity index (χ0v) is 18.4. The number of esters is 1. The van der Waals surface area contributed by atoms with Gasteiger partial charge in [0, 0.05) is 0 Å². The molecule has 2 aliphatic rings. The number of carbonyl (C=O) groups is 3. The van der Waals surface area contributed by atoms with E-state index in [9.17, 15) is 23.7 Å². The van der Waals surface area contributed by atoms with Gasteiger partial charge in [0.1, 0.15) is 23.7 Å². The molecule has 162 valence electrons. The minimum absolute atomic E-state index is 0.0415. The Bertz CT molecular complexity index is 918. The first-order chi connectivity index (χ1) is 14.1. The van der Waals surface area contributed by atoms with Gasteiger partial charge in [-0.05, 0) is 11.1 Å². The maximum Gasteiger partial charge on any atom is 0.355 e. The number of benzene rings is 1. The molecule has 2 amide bonds. The summed E-state index contributed by atoms with van der Waals surface area (Å²) in [4.78, 5) is 38.5. The lowest BCUT2D eigenvalue weighted by Crippen LogP contribution is -2.73. The van der Waals surface area contributed by atoms with Gasteiger partial charge in [0.15, 0.2) is 0 Å². The number of alkyl halides is 3. The van der Waals surface area contributed by atoms with Crippen LogP contribution in [0.1, 0.15) is 5.56 Å². The lowest BCUT2D eigenvalue weighted by molar-refractivity contribution is -0.153. The van der Waals surface area contributed by atoms with E-state index in [0.717, 1.165) is 10.5 Å². The molecule has 1 aromatic carbocycles. The van der Waals surface area contributed by atoms with Crippen LogP contribution in [-0.2, 0) is 36.3 Å². The minimum atomic E-state index is -1.86. The SMILES string of the molecule is O=C(Cc1ccccc1)NC1C(=O)N2C(C(=O)OCC(Cl)(Cl)Cl)=C(CO)CS(=O)[C@H]12. The van der Waals surface area contributed by atoms with Crippen LogP contribution >= 0.6 is 34.8 Å². The highest BCUT2D eigenvalue weighted by molar-refractivity contribution is 7.86. The fourth-order valence-electron chi connectivity index (χ4n) is 3.18. The normalized spacial score (nSPS) is 23.5. The van der Waals surface area contributed by atoms with Crippen molar-refractivity contribution in [1.82, 2.24) is 10.2 Å². The molecule has 3 atom stereocenters. The van der Waals surface area contributed by atoms with Crippen molar-refractivity contribution in [2.75, 3.05) is 19.0 Å². The van der Waals surface area contributed by atoms with Gasteiger partial charge in [0.2, 0.25) is 9.70 Å². The summed E-state index contributed by atoms with van der Waals surface area (Å²) in [5.74, 6) is -2.21. The van der Waals surface area contributed by atoms with Gasteiger partial charge in [-0.2, -0.15) is 0 Å². The molecule has 0 aliphatic carbocycles. The van der Waals surface area contributed by atoms with Gasteiger partial charge in [0.25, 0.3) is 5.91 Å². The third-order valence-corrected chi connectivity index (χ3v) is 6.46. The number of hydrogen-bond acceptors (Lipinski definition) is 6. The van der Waals surface area contributed by atoms with Gasteiger partial charge in [-0.3, -0.25) is 18.7 Å². The molecule has 2 unspecified atom stereocenters. The van der Waals surface area contributed by atoms with Crippen molar-refractivity contribution in [2.24, 2.45) is 0 Å². The average molecular weight is 496 g/mol. The number of aliphatic hydroxyl groups excluding tert-OH is 1. The quantitative estimate of drug-likeness (QED) is 0.343. The first kappa shape index (κ1) is 23.0. The number of hydrogen-bond donors (Lipinski definition) is 2. The molecule has 0 spiro atoms. The number of nitrogens with zero attached hydrogens (tertiary/aromatic N) is 1. The molecular formula is C18H17Cl3N2O6S. The average Bonchev–Trinajstić information content (AvgIpc) is 2.69. The molecule has 3 rings (SSSR count). The molecule has 2 heterocycles. The minimum Gasteiger partial charge on any atom is -0.456 e. The van der Waals surface area contributed by atoms with Crippen molar-refractivity contribution in [3.63, 3.8) is 0 Å². The van der Waals surface area contributed by atoms with Crippen molar-refractivity contribution in [3.8, 4) is 0 Å².